The molecule has 0 aromatic heterocycles. The summed E-state index contributed by atoms with van der Waals surface area (Å²) in [7, 11) is 0. The number of amides is 1. The fourth-order valence-electron chi connectivity index (χ4n) is 2.72. The molecular weight excluding hydrogens is 296 g/mol. The highest BCUT2D eigenvalue weighted by molar-refractivity contribution is 5.93. The molecule has 0 heterocycles. The Morgan fingerprint density at radius 3 is 1.71 bits per heavy atom. The molecule has 3 heteroatoms. The Bertz CT molecular complexity index is 346. The van der Waals surface area contributed by atoms with Crippen LogP contribution < -0.4 is 5.43 Å². The average molecular weight is 339 g/mol. The molecule has 0 saturated carbocycles. The van der Waals surface area contributed by atoms with Gasteiger partial charge < -0.3 is 0 Å². The van der Waals surface area contributed by atoms with Crippen LogP contribution in [0.5, 0.6) is 0 Å². The second-order valence-electron chi connectivity index (χ2n) is 7.17. The van der Waals surface area contributed by atoms with Crippen LogP contribution in [0, 0.1) is 0 Å². The molecule has 0 aliphatic rings. The number of hydrogen-bond donors (Lipinski definition) is 1. The number of rotatable bonds is 15. The Morgan fingerprint density at radius 1 is 0.750 bits per heavy atom. The quantitative estimate of drug-likeness (QED) is 0.225. The van der Waals surface area contributed by atoms with Crippen LogP contribution in [0.25, 0.3) is 0 Å². The lowest BCUT2D eigenvalue weighted by Crippen LogP contribution is -2.44. The van der Waals surface area contributed by atoms with Gasteiger partial charge in [0, 0.05) is 18.7 Å². The van der Waals surface area contributed by atoms with Gasteiger partial charge in [-0.2, -0.15) is 0 Å². The Labute approximate surface area is 151 Å². The molecule has 1 N–H and O–H groups in total. The van der Waals surface area contributed by atoms with Gasteiger partial charge in [-0.25, -0.2) is 5.43 Å². The van der Waals surface area contributed by atoms with E-state index in [1.807, 2.05) is 20.8 Å². The standard InChI is InChI=1S/C21H42N2O/c1-6-8-9-10-11-12-13-14-15-16-17-22-23(18-7-2)21(24)20(5)19(3)4/h22H,6-18H2,1-5H3. The monoisotopic (exact) mass is 338 g/mol. The van der Waals surface area contributed by atoms with Crippen molar-refractivity contribution in [1.82, 2.24) is 10.4 Å². The first-order valence-electron chi connectivity index (χ1n) is 10.2. The summed E-state index contributed by atoms with van der Waals surface area (Å²) in [6.07, 6.45) is 14.4. The van der Waals surface area contributed by atoms with Crippen molar-refractivity contribution in [2.75, 3.05) is 13.1 Å². The van der Waals surface area contributed by atoms with Crippen LogP contribution in [0.1, 0.15) is 105 Å². The summed E-state index contributed by atoms with van der Waals surface area (Å²) >= 11 is 0. The lowest BCUT2D eigenvalue weighted by atomic mass is 10.1. The van der Waals surface area contributed by atoms with Gasteiger partial charge in [0.25, 0.3) is 5.91 Å². The van der Waals surface area contributed by atoms with Crippen LogP contribution in [0.3, 0.4) is 0 Å². The third kappa shape index (κ3) is 11.7. The van der Waals surface area contributed by atoms with Crippen LogP contribution in [0.15, 0.2) is 11.1 Å². The van der Waals surface area contributed by atoms with Gasteiger partial charge in [0.15, 0.2) is 0 Å². The SMILES string of the molecule is CCCCCCCCCCCCNN(CCC)C(=O)C(C)=C(C)C. The van der Waals surface area contributed by atoms with E-state index >= 15 is 0 Å². The summed E-state index contributed by atoms with van der Waals surface area (Å²) in [5.41, 5.74) is 5.29. The smallest absolute Gasteiger partial charge is 0.263 e. The van der Waals surface area contributed by atoms with E-state index < -0.39 is 0 Å². The third-order valence-electron chi connectivity index (χ3n) is 4.60. The van der Waals surface area contributed by atoms with Crippen molar-refractivity contribution < 1.29 is 4.79 Å². The summed E-state index contributed by atoms with van der Waals surface area (Å²) < 4.78 is 0. The Hall–Kier alpha value is -0.830. The minimum Gasteiger partial charge on any atom is -0.274 e. The van der Waals surface area contributed by atoms with E-state index in [1.54, 1.807) is 5.01 Å². The Balaban J connectivity index is 3.75. The third-order valence-corrected chi connectivity index (χ3v) is 4.60. The van der Waals surface area contributed by atoms with Gasteiger partial charge in [0.2, 0.25) is 0 Å². The molecular formula is C21H42N2O. The van der Waals surface area contributed by atoms with Gasteiger partial charge >= 0.3 is 0 Å². The normalized spacial score (nSPS) is 10.7. The van der Waals surface area contributed by atoms with Crippen molar-refractivity contribution in [3.63, 3.8) is 0 Å². The second kappa shape index (κ2) is 15.7. The van der Waals surface area contributed by atoms with Crippen LogP contribution in [-0.4, -0.2) is 24.0 Å². The molecule has 0 rings (SSSR count). The van der Waals surface area contributed by atoms with E-state index in [0.717, 1.165) is 37.1 Å². The summed E-state index contributed by atoms with van der Waals surface area (Å²) in [4.78, 5) is 12.4. The molecule has 0 atom stereocenters. The number of carbonyl (C=O) groups is 1. The van der Waals surface area contributed by atoms with Crippen molar-refractivity contribution in [2.24, 2.45) is 0 Å². The first-order valence-corrected chi connectivity index (χ1v) is 10.2. The number of nitrogens with one attached hydrogen (secondary N) is 1. The van der Waals surface area contributed by atoms with Gasteiger partial charge in [-0.15, -0.1) is 0 Å². The number of hydrazine groups is 1. The minimum atomic E-state index is 0.129. The molecule has 24 heavy (non-hydrogen) atoms. The van der Waals surface area contributed by atoms with E-state index in [4.69, 9.17) is 0 Å². The Kier molecular flexibility index (Phi) is 15.1. The zero-order valence-corrected chi connectivity index (χ0v) is 17.0. The van der Waals surface area contributed by atoms with Crippen molar-refractivity contribution >= 4 is 5.91 Å². The van der Waals surface area contributed by atoms with E-state index in [1.165, 1.54) is 57.8 Å². The van der Waals surface area contributed by atoms with Crippen LogP contribution in [0.4, 0.5) is 0 Å². The fourth-order valence-corrected chi connectivity index (χ4v) is 2.72. The van der Waals surface area contributed by atoms with Gasteiger partial charge in [-0.05, 0) is 33.6 Å². The molecule has 0 aromatic rings. The lowest BCUT2D eigenvalue weighted by molar-refractivity contribution is -0.130. The topological polar surface area (TPSA) is 32.3 Å². The van der Waals surface area contributed by atoms with Crippen molar-refractivity contribution in [3.05, 3.63) is 11.1 Å². The predicted molar refractivity (Wildman–Crippen MR) is 106 cm³/mol. The zero-order valence-electron chi connectivity index (χ0n) is 17.0. The van der Waals surface area contributed by atoms with E-state index in [9.17, 15) is 4.79 Å². The first kappa shape index (κ1) is 23.2. The second-order valence-corrected chi connectivity index (χ2v) is 7.17. The van der Waals surface area contributed by atoms with Crippen LogP contribution >= 0.6 is 0 Å². The number of nitrogens with zero attached hydrogens (tertiary/aromatic N) is 1. The average Bonchev–Trinajstić information content (AvgIpc) is 2.57. The summed E-state index contributed by atoms with van der Waals surface area (Å²) in [5, 5.41) is 1.80. The van der Waals surface area contributed by atoms with Gasteiger partial charge in [0.1, 0.15) is 0 Å². The highest BCUT2D eigenvalue weighted by Crippen LogP contribution is 2.10. The number of hydrogen-bond acceptors (Lipinski definition) is 2. The van der Waals surface area contributed by atoms with E-state index in [-0.39, 0.29) is 5.91 Å². The number of allylic oxidation sites excluding steroid dienone is 1. The molecule has 0 aliphatic carbocycles. The van der Waals surface area contributed by atoms with Gasteiger partial charge in [0.05, 0.1) is 0 Å². The molecule has 0 spiro atoms. The minimum absolute atomic E-state index is 0.129. The van der Waals surface area contributed by atoms with E-state index in [0.29, 0.717) is 0 Å². The maximum atomic E-state index is 12.4. The zero-order chi connectivity index (χ0) is 18.2. The maximum Gasteiger partial charge on any atom is 0.263 e. The van der Waals surface area contributed by atoms with Gasteiger partial charge in [-0.1, -0.05) is 77.2 Å². The molecule has 0 aromatic carbocycles. The largest absolute Gasteiger partial charge is 0.274 e. The van der Waals surface area contributed by atoms with Crippen LogP contribution in [-0.2, 0) is 4.79 Å². The maximum absolute atomic E-state index is 12.4. The molecule has 0 fully saturated rings. The molecule has 0 aliphatic heterocycles. The molecule has 3 nitrogen and oxygen atoms in total. The molecule has 0 bridgehead atoms. The highest BCUT2D eigenvalue weighted by atomic mass is 16.2. The van der Waals surface area contributed by atoms with Crippen LogP contribution in [0.2, 0.25) is 0 Å². The summed E-state index contributed by atoms with van der Waals surface area (Å²) in [6, 6.07) is 0. The highest BCUT2D eigenvalue weighted by Gasteiger charge is 2.14. The van der Waals surface area contributed by atoms with E-state index in [2.05, 4.69) is 19.3 Å². The molecule has 0 radical (unpaired) electrons. The summed E-state index contributed by atoms with van der Waals surface area (Å²) in [5.74, 6) is 0.129. The van der Waals surface area contributed by atoms with Crippen molar-refractivity contribution in [2.45, 2.75) is 105 Å². The number of carbonyl (C=O) groups excluding carboxylic acids is 1. The fraction of sp³-hybridized carbons (Fsp3) is 0.857. The molecule has 0 unspecified atom stereocenters. The lowest BCUT2D eigenvalue weighted by Gasteiger charge is -2.24. The molecule has 1 amide bonds. The van der Waals surface area contributed by atoms with Crippen molar-refractivity contribution in [1.29, 1.82) is 0 Å². The predicted octanol–water partition coefficient (Wildman–Crippen LogP) is 6.01. The van der Waals surface area contributed by atoms with Crippen molar-refractivity contribution in [3.8, 4) is 0 Å². The molecule has 142 valence electrons. The first-order chi connectivity index (χ1) is 11.5. The number of unbranched alkanes of at least 4 members (excludes halogenated alkanes) is 9. The Morgan fingerprint density at radius 2 is 1.25 bits per heavy atom. The molecule has 0 saturated heterocycles. The van der Waals surface area contributed by atoms with Gasteiger partial charge in [-0.3, -0.25) is 9.80 Å². The summed E-state index contributed by atoms with van der Waals surface area (Å²) in [6.45, 7) is 12.0.